The van der Waals surface area contributed by atoms with Crippen molar-refractivity contribution in [2.24, 2.45) is 0 Å². The van der Waals surface area contributed by atoms with Crippen LogP contribution in [0.2, 0.25) is 0 Å². The van der Waals surface area contributed by atoms with E-state index in [1.165, 1.54) is 0 Å². The maximum atomic E-state index is 11.7. The maximum Gasteiger partial charge on any atom is 0.312 e. The van der Waals surface area contributed by atoms with Crippen LogP contribution < -0.4 is 0 Å². The van der Waals surface area contributed by atoms with Gasteiger partial charge in [0.2, 0.25) is 0 Å². The molecule has 84 valence electrons. The van der Waals surface area contributed by atoms with Crippen LogP contribution in [0.15, 0.2) is 0 Å². The monoisotopic (exact) mass is 219 g/mol. The highest BCUT2D eigenvalue weighted by Crippen LogP contribution is 2.04. The van der Waals surface area contributed by atoms with Crippen LogP contribution in [0.4, 0.5) is 4.79 Å². The summed E-state index contributed by atoms with van der Waals surface area (Å²) < 4.78 is 11.6. The van der Waals surface area contributed by atoms with Crippen LogP contribution in [0, 0.1) is 0 Å². The van der Waals surface area contributed by atoms with Gasteiger partial charge in [-0.1, -0.05) is 27.7 Å². The SMILES string of the molecule is CCCN(CCC)C(=O)S(=O)C(C)C. The highest BCUT2D eigenvalue weighted by molar-refractivity contribution is 8.00. The molecule has 1 atom stereocenters. The van der Waals surface area contributed by atoms with Gasteiger partial charge in [-0.3, -0.25) is 4.79 Å². The van der Waals surface area contributed by atoms with Crippen molar-refractivity contribution in [2.45, 2.75) is 45.8 Å². The number of nitrogens with zero attached hydrogens (tertiary/aromatic N) is 1. The molecule has 0 aliphatic carbocycles. The Morgan fingerprint density at radius 1 is 1.21 bits per heavy atom. The summed E-state index contributed by atoms with van der Waals surface area (Å²) >= 11 is 0. The fourth-order valence-corrected chi connectivity index (χ4v) is 2.00. The molecule has 1 amide bonds. The van der Waals surface area contributed by atoms with Gasteiger partial charge in [-0.25, -0.2) is 4.21 Å². The van der Waals surface area contributed by atoms with Crippen LogP contribution in [0.3, 0.4) is 0 Å². The van der Waals surface area contributed by atoms with Crippen LogP contribution >= 0.6 is 0 Å². The summed E-state index contributed by atoms with van der Waals surface area (Å²) in [6.07, 6.45) is 1.84. The third-order valence-electron chi connectivity index (χ3n) is 1.85. The number of hydrogen-bond donors (Lipinski definition) is 0. The highest BCUT2D eigenvalue weighted by atomic mass is 32.2. The molecule has 1 unspecified atom stereocenters. The van der Waals surface area contributed by atoms with Crippen LogP contribution in [-0.2, 0) is 10.8 Å². The van der Waals surface area contributed by atoms with Crippen molar-refractivity contribution in [3.05, 3.63) is 0 Å². The number of rotatable bonds is 5. The van der Waals surface area contributed by atoms with E-state index in [9.17, 15) is 9.00 Å². The van der Waals surface area contributed by atoms with Crippen molar-refractivity contribution in [1.82, 2.24) is 4.90 Å². The zero-order valence-corrected chi connectivity index (χ0v) is 10.4. The predicted octanol–water partition coefficient (Wildman–Crippen LogP) is 2.39. The Hall–Kier alpha value is -0.380. The van der Waals surface area contributed by atoms with Gasteiger partial charge in [0.1, 0.15) is 10.8 Å². The normalized spacial score (nSPS) is 12.9. The smallest absolute Gasteiger partial charge is 0.312 e. The van der Waals surface area contributed by atoms with E-state index in [4.69, 9.17) is 0 Å². The van der Waals surface area contributed by atoms with Gasteiger partial charge in [-0.15, -0.1) is 0 Å². The Kier molecular flexibility index (Phi) is 6.79. The Bertz CT molecular complexity index is 198. The van der Waals surface area contributed by atoms with Crippen LogP contribution in [0.5, 0.6) is 0 Å². The first-order valence-electron chi connectivity index (χ1n) is 5.24. The summed E-state index contributed by atoms with van der Waals surface area (Å²) in [6, 6.07) is 0. The lowest BCUT2D eigenvalue weighted by atomic mass is 10.4. The van der Waals surface area contributed by atoms with Gasteiger partial charge in [0, 0.05) is 18.3 Å². The third kappa shape index (κ3) is 4.22. The largest absolute Gasteiger partial charge is 0.332 e. The molecule has 0 aliphatic heterocycles. The quantitative estimate of drug-likeness (QED) is 0.712. The van der Waals surface area contributed by atoms with Gasteiger partial charge >= 0.3 is 5.24 Å². The van der Waals surface area contributed by atoms with Crippen molar-refractivity contribution in [2.75, 3.05) is 13.1 Å². The lowest BCUT2D eigenvalue weighted by Crippen LogP contribution is -2.36. The minimum atomic E-state index is -1.36. The minimum Gasteiger partial charge on any atom is -0.332 e. The Morgan fingerprint density at radius 3 is 1.93 bits per heavy atom. The van der Waals surface area contributed by atoms with E-state index < -0.39 is 10.8 Å². The first kappa shape index (κ1) is 13.6. The predicted molar refractivity (Wildman–Crippen MR) is 60.8 cm³/mol. The molecule has 0 spiro atoms. The summed E-state index contributed by atoms with van der Waals surface area (Å²) in [5.41, 5.74) is 0. The summed E-state index contributed by atoms with van der Waals surface area (Å²) in [4.78, 5) is 13.4. The first-order valence-corrected chi connectivity index (χ1v) is 6.45. The molecular weight excluding hydrogens is 198 g/mol. The summed E-state index contributed by atoms with van der Waals surface area (Å²) in [5, 5.41) is -0.289. The molecule has 0 rings (SSSR count). The van der Waals surface area contributed by atoms with Crippen LogP contribution in [-0.4, -0.2) is 32.7 Å². The molecule has 0 radical (unpaired) electrons. The summed E-state index contributed by atoms with van der Waals surface area (Å²) in [7, 11) is -1.36. The van der Waals surface area contributed by atoms with Crippen LogP contribution in [0.25, 0.3) is 0 Å². The molecule has 0 saturated heterocycles. The van der Waals surface area contributed by atoms with Crippen molar-refractivity contribution in [3.63, 3.8) is 0 Å². The third-order valence-corrected chi connectivity index (χ3v) is 3.30. The summed E-state index contributed by atoms with van der Waals surface area (Å²) in [5.74, 6) is 0. The Labute approximate surface area is 89.3 Å². The first-order chi connectivity index (χ1) is 6.54. The van der Waals surface area contributed by atoms with Gasteiger partial charge < -0.3 is 4.90 Å². The van der Waals surface area contributed by atoms with Gasteiger partial charge in [0.25, 0.3) is 0 Å². The molecule has 0 aromatic heterocycles. The second-order valence-corrected chi connectivity index (χ2v) is 5.49. The van der Waals surface area contributed by atoms with Gasteiger partial charge in [-0.05, 0) is 12.8 Å². The van der Waals surface area contributed by atoms with Crippen molar-refractivity contribution in [1.29, 1.82) is 0 Å². The topological polar surface area (TPSA) is 37.4 Å². The number of carbonyl (C=O) groups is 1. The average Bonchev–Trinajstić information content (AvgIpc) is 2.15. The fourth-order valence-electron chi connectivity index (χ4n) is 1.16. The van der Waals surface area contributed by atoms with E-state index in [2.05, 4.69) is 0 Å². The second-order valence-electron chi connectivity index (χ2n) is 3.60. The van der Waals surface area contributed by atoms with E-state index in [0.29, 0.717) is 13.1 Å². The maximum absolute atomic E-state index is 11.7. The summed E-state index contributed by atoms with van der Waals surface area (Å²) in [6.45, 7) is 9.09. The molecule has 0 bridgehead atoms. The molecular formula is C10H21NO2S. The molecule has 0 heterocycles. The van der Waals surface area contributed by atoms with Gasteiger partial charge in [-0.2, -0.15) is 0 Å². The lowest BCUT2D eigenvalue weighted by Gasteiger charge is -2.21. The standard InChI is InChI=1S/C10H21NO2S/c1-5-7-11(8-6-2)10(12)14(13)9(3)4/h9H,5-8H2,1-4H3. The molecule has 14 heavy (non-hydrogen) atoms. The van der Waals surface area contributed by atoms with E-state index in [1.807, 2.05) is 27.7 Å². The molecule has 0 saturated carbocycles. The zero-order valence-electron chi connectivity index (χ0n) is 9.58. The highest BCUT2D eigenvalue weighted by Gasteiger charge is 2.21. The molecule has 0 fully saturated rings. The molecule has 0 aromatic carbocycles. The van der Waals surface area contributed by atoms with Crippen molar-refractivity contribution in [3.8, 4) is 0 Å². The second kappa shape index (κ2) is 6.98. The minimum absolute atomic E-state index is 0.0845. The van der Waals surface area contributed by atoms with Crippen molar-refractivity contribution < 1.29 is 9.00 Å². The molecule has 4 heteroatoms. The molecule has 0 N–H and O–H groups in total. The molecule has 0 aliphatic rings. The van der Waals surface area contributed by atoms with Crippen molar-refractivity contribution >= 4 is 16.0 Å². The number of carbonyl (C=O) groups excluding carboxylic acids is 1. The zero-order chi connectivity index (χ0) is 11.1. The van der Waals surface area contributed by atoms with Crippen LogP contribution in [0.1, 0.15) is 40.5 Å². The van der Waals surface area contributed by atoms with E-state index in [1.54, 1.807) is 4.90 Å². The van der Waals surface area contributed by atoms with E-state index in [0.717, 1.165) is 12.8 Å². The number of amides is 1. The molecule has 3 nitrogen and oxygen atoms in total. The van der Waals surface area contributed by atoms with Gasteiger partial charge in [0.15, 0.2) is 0 Å². The average molecular weight is 219 g/mol. The Balaban J connectivity index is 4.34. The Morgan fingerprint density at radius 2 is 1.64 bits per heavy atom. The number of hydrogen-bond acceptors (Lipinski definition) is 2. The molecule has 0 aromatic rings. The van der Waals surface area contributed by atoms with E-state index in [-0.39, 0.29) is 10.5 Å². The fraction of sp³-hybridized carbons (Fsp3) is 0.900. The van der Waals surface area contributed by atoms with Gasteiger partial charge in [0.05, 0.1) is 0 Å². The lowest BCUT2D eigenvalue weighted by molar-refractivity contribution is 0.221. The van der Waals surface area contributed by atoms with E-state index >= 15 is 0 Å².